The van der Waals surface area contributed by atoms with Crippen LogP contribution in [0.5, 0.6) is 17.2 Å². The number of hydrogen-bond acceptors (Lipinski definition) is 7. The zero-order valence-corrected chi connectivity index (χ0v) is 23.0. The number of nitrogens with zero attached hydrogens (tertiary/aromatic N) is 2. The SMILES string of the molecule is COc1cc(C=c2sc(=C(C#N)C(=O)Nc3cccc(C)c3)n(-c3ccc(C)cc3)c2=O)cc(OC)c1OC. The zero-order valence-electron chi connectivity index (χ0n) is 22.2. The van der Waals surface area contributed by atoms with Gasteiger partial charge < -0.3 is 19.5 Å². The molecular weight excluding hydrogens is 514 g/mol. The monoisotopic (exact) mass is 541 g/mol. The van der Waals surface area contributed by atoms with E-state index in [1.54, 1.807) is 42.5 Å². The van der Waals surface area contributed by atoms with Gasteiger partial charge in [-0.25, -0.2) is 0 Å². The molecule has 0 aliphatic rings. The van der Waals surface area contributed by atoms with Crippen molar-refractivity contribution in [3.8, 4) is 29.0 Å². The van der Waals surface area contributed by atoms with Crippen LogP contribution in [0.15, 0.2) is 65.5 Å². The van der Waals surface area contributed by atoms with Gasteiger partial charge in [0.2, 0.25) is 5.75 Å². The third-order valence-electron chi connectivity index (χ3n) is 5.93. The number of methoxy groups -OCH3 is 3. The Bertz CT molecular complexity index is 1740. The first-order chi connectivity index (χ1) is 18.8. The fraction of sp³-hybridized carbons (Fsp3) is 0.167. The molecule has 9 heteroatoms. The van der Waals surface area contributed by atoms with E-state index in [-0.39, 0.29) is 15.8 Å². The highest BCUT2D eigenvalue weighted by molar-refractivity contribution is 7.07. The maximum atomic E-state index is 13.8. The lowest BCUT2D eigenvalue weighted by Crippen LogP contribution is -2.32. The minimum absolute atomic E-state index is 0.177. The molecule has 0 unspecified atom stereocenters. The average molecular weight is 542 g/mol. The molecule has 3 aromatic carbocycles. The smallest absolute Gasteiger partial charge is 0.273 e. The molecule has 0 saturated heterocycles. The second-order valence-electron chi connectivity index (χ2n) is 8.66. The van der Waals surface area contributed by atoms with E-state index in [0.29, 0.717) is 38.7 Å². The van der Waals surface area contributed by atoms with Crippen molar-refractivity contribution in [2.75, 3.05) is 26.6 Å². The summed E-state index contributed by atoms with van der Waals surface area (Å²) in [6, 6.07) is 20.0. The Kier molecular flexibility index (Phi) is 8.18. The van der Waals surface area contributed by atoms with Crippen LogP contribution in [-0.2, 0) is 4.79 Å². The quantitative estimate of drug-likeness (QED) is 0.383. The normalized spacial score (nSPS) is 11.9. The Morgan fingerprint density at radius 2 is 1.62 bits per heavy atom. The Morgan fingerprint density at radius 1 is 0.949 bits per heavy atom. The molecule has 4 rings (SSSR count). The highest BCUT2D eigenvalue weighted by atomic mass is 32.1. The van der Waals surface area contributed by atoms with Crippen molar-refractivity contribution < 1.29 is 19.0 Å². The minimum atomic E-state index is -0.607. The Morgan fingerprint density at radius 3 is 2.18 bits per heavy atom. The predicted molar refractivity (Wildman–Crippen MR) is 152 cm³/mol. The number of carbonyl (C=O) groups excluding carboxylic acids is 1. The topological polar surface area (TPSA) is 103 Å². The van der Waals surface area contributed by atoms with Gasteiger partial charge >= 0.3 is 0 Å². The average Bonchev–Trinajstić information content (AvgIpc) is 3.23. The summed E-state index contributed by atoms with van der Waals surface area (Å²) in [6.45, 7) is 3.84. The van der Waals surface area contributed by atoms with Crippen molar-refractivity contribution in [1.29, 1.82) is 5.26 Å². The molecule has 198 valence electrons. The summed E-state index contributed by atoms with van der Waals surface area (Å²) in [5.74, 6) is 0.680. The molecule has 1 aromatic heterocycles. The standard InChI is InChI=1S/C30H27N3O5S/c1-18-9-11-22(12-10-18)33-29(35)26(16-20-14-24(36-3)27(38-5)25(15-20)37-4)39-30(33)23(17-31)28(34)32-21-8-6-7-19(2)13-21/h6-16H,1-5H3,(H,32,34). The molecule has 0 fully saturated rings. The Labute approximate surface area is 229 Å². The molecule has 0 saturated carbocycles. The van der Waals surface area contributed by atoms with Gasteiger partial charge in [-0.1, -0.05) is 29.8 Å². The first kappa shape index (κ1) is 27.2. The lowest BCUT2D eigenvalue weighted by Gasteiger charge is -2.12. The van der Waals surface area contributed by atoms with Gasteiger partial charge in [0, 0.05) is 5.69 Å². The summed E-state index contributed by atoms with van der Waals surface area (Å²) in [5, 5.41) is 12.8. The number of amides is 1. The lowest BCUT2D eigenvalue weighted by molar-refractivity contribution is -0.111. The van der Waals surface area contributed by atoms with Crippen molar-refractivity contribution in [3.05, 3.63) is 96.9 Å². The second kappa shape index (κ2) is 11.7. The van der Waals surface area contributed by atoms with Gasteiger partial charge in [-0.05, 0) is 67.4 Å². The van der Waals surface area contributed by atoms with Crippen molar-refractivity contribution >= 4 is 34.6 Å². The maximum absolute atomic E-state index is 13.8. The molecule has 1 N–H and O–H groups in total. The van der Waals surface area contributed by atoms with E-state index in [4.69, 9.17) is 14.2 Å². The van der Waals surface area contributed by atoms with Crippen LogP contribution in [0, 0.1) is 25.2 Å². The fourth-order valence-corrected chi connectivity index (χ4v) is 5.13. The van der Waals surface area contributed by atoms with Crippen LogP contribution >= 0.6 is 11.3 Å². The van der Waals surface area contributed by atoms with Crippen LogP contribution in [0.3, 0.4) is 0 Å². The fourth-order valence-electron chi connectivity index (χ4n) is 4.03. The number of anilines is 1. The number of nitriles is 1. The van der Waals surface area contributed by atoms with Crippen LogP contribution in [0.4, 0.5) is 5.69 Å². The molecule has 39 heavy (non-hydrogen) atoms. The number of thiazole rings is 1. The molecule has 1 amide bonds. The van der Waals surface area contributed by atoms with Crippen LogP contribution in [-0.4, -0.2) is 31.8 Å². The van der Waals surface area contributed by atoms with E-state index in [1.165, 1.54) is 25.9 Å². The van der Waals surface area contributed by atoms with Crippen LogP contribution in [0.2, 0.25) is 0 Å². The molecule has 4 aromatic rings. The number of rotatable bonds is 7. The molecule has 1 heterocycles. The number of hydrogen-bond donors (Lipinski definition) is 1. The third-order valence-corrected chi connectivity index (χ3v) is 7.02. The molecule has 0 bridgehead atoms. The number of nitrogens with one attached hydrogen (secondary N) is 1. The first-order valence-electron chi connectivity index (χ1n) is 11.9. The van der Waals surface area contributed by atoms with Crippen molar-refractivity contribution in [3.63, 3.8) is 0 Å². The van der Waals surface area contributed by atoms with Crippen LogP contribution in [0.1, 0.15) is 16.7 Å². The van der Waals surface area contributed by atoms with Gasteiger partial charge in [0.05, 0.1) is 31.5 Å². The Hall–Kier alpha value is -4.81. The zero-order chi connectivity index (χ0) is 28.1. The van der Waals surface area contributed by atoms with Gasteiger partial charge in [0.1, 0.15) is 10.7 Å². The maximum Gasteiger partial charge on any atom is 0.273 e. The van der Waals surface area contributed by atoms with E-state index >= 15 is 0 Å². The molecule has 0 aliphatic heterocycles. The van der Waals surface area contributed by atoms with Gasteiger partial charge in [-0.3, -0.25) is 14.2 Å². The van der Waals surface area contributed by atoms with E-state index in [0.717, 1.165) is 22.5 Å². The summed E-state index contributed by atoms with van der Waals surface area (Å²) in [4.78, 5) is 27.0. The van der Waals surface area contributed by atoms with Crippen LogP contribution < -0.4 is 34.3 Å². The summed E-state index contributed by atoms with van der Waals surface area (Å²) < 4.78 is 18.2. The minimum Gasteiger partial charge on any atom is -0.493 e. The number of benzene rings is 3. The third kappa shape index (κ3) is 5.71. The van der Waals surface area contributed by atoms with Gasteiger partial charge in [0.15, 0.2) is 17.1 Å². The summed E-state index contributed by atoms with van der Waals surface area (Å²) >= 11 is 1.05. The molecule has 0 atom stereocenters. The van der Waals surface area contributed by atoms with Gasteiger partial charge in [-0.15, -0.1) is 11.3 Å². The van der Waals surface area contributed by atoms with E-state index in [1.807, 2.05) is 44.2 Å². The predicted octanol–water partition coefficient (Wildman–Crippen LogP) is 3.68. The van der Waals surface area contributed by atoms with Gasteiger partial charge in [-0.2, -0.15) is 5.26 Å². The largest absolute Gasteiger partial charge is 0.493 e. The van der Waals surface area contributed by atoms with E-state index in [2.05, 4.69) is 5.32 Å². The number of ether oxygens (including phenoxy) is 3. The summed E-state index contributed by atoms with van der Waals surface area (Å²) in [7, 11) is 4.53. The molecular formula is C30H27N3O5S. The van der Waals surface area contributed by atoms with E-state index < -0.39 is 5.91 Å². The molecule has 8 nitrogen and oxygen atoms in total. The summed E-state index contributed by atoms with van der Waals surface area (Å²) in [5.41, 5.74) is 3.13. The second-order valence-corrected chi connectivity index (χ2v) is 9.69. The van der Waals surface area contributed by atoms with Crippen LogP contribution in [0.25, 0.3) is 17.3 Å². The number of carbonyl (C=O) groups is 1. The van der Waals surface area contributed by atoms with Crippen molar-refractivity contribution in [2.45, 2.75) is 13.8 Å². The molecule has 0 aliphatic carbocycles. The highest BCUT2D eigenvalue weighted by Crippen LogP contribution is 2.38. The summed E-state index contributed by atoms with van der Waals surface area (Å²) in [6.07, 6.45) is 1.67. The first-order valence-corrected chi connectivity index (χ1v) is 12.7. The highest BCUT2D eigenvalue weighted by Gasteiger charge is 2.18. The number of aromatic nitrogens is 1. The number of aryl methyl sites for hydroxylation is 2. The van der Waals surface area contributed by atoms with Crippen molar-refractivity contribution in [1.82, 2.24) is 4.57 Å². The molecule has 0 spiro atoms. The van der Waals surface area contributed by atoms with E-state index in [9.17, 15) is 14.9 Å². The van der Waals surface area contributed by atoms with Crippen molar-refractivity contribution in [2.24, 2.45) is 0 Å². The van der Waals surface area contributed by atoms with Gasteiger partial charge in [0.25, 0.3) is 11.5 Å². The lowest BCUT2D eigenvalue weighted by atomic mass is 10.1. The Balaban J connectivity index is 1.98. The molecule has 0 radical (unpaired) electrons.